The normalized spacial score (nSPS) is 12.4. The smallest absolute Gasteiger partial charge is 0.331 e. The molecule has 6 heteroatoms. The van der Waals surface area contributed by atoms with Crippen molar-refractivity contribution in [1.82, 2.24) is 9.78 Å². The Morgan fingerprint density at radius 2 is 2.13 bits per heavy atom. The van der Waals surface area contributed by atoms with Crippen LogP contribution >= 0.6 is 11.6 Å². The fraction of sp³-hybridized carbons (Fsp3) is 0.294. The summed E-state index contributed by atoms with van der Waals surface area (Å²) >= 11 is 6.08. The highest BCUT2D eigenvalue weighted by atomic mass is 35.5. The number of aliphatic hydroxyl groups is 1. The molecule has 1 unspecified atom stereocenters. The third-order valence-corrected chi connectivity index (χ3v) is 3.79. The molecule has 5 nitrogen and oxygen atoms in total. The van der Waals surface area contributed by atoms with Crippen LogP contribution in [0, 0.1) is 0 Å². The number of carboxylic acids is 1. The molecule has 0 saturated carbocycles. The van der Waals surface area contributed by atoms with Crippen molar-refractivity contribution in [3.63, 3.8) is 0 Å². The molecule has 0 aliphatic rings. The lowest BCUT2D eigenvalue weighted by Crippen LogP contribution is -2.06. The first-order chi connectivity index (χ1) is 10.8. The Bertz CT molecular complexity index is 737. The summed E-state index contributed by atoms with van der Waals surface area (Å²) in [6, 6.07) is 5.32. The van der Waals surface area contributed by atoms with Gasteiger partial charge in [-0.2, -0.15) is 5.10 Å². The van der Waals surface area contributed by atoms with E-state index < -0.39 is 12.1 Å². The minimum absolute atomic E-state index is 0.0451. The molecule has 2 N–H and O–H groups in total. The van der Waals surface area contributed by atoms with Crippen LogP contribution in [0.2, 0.25) is 5.02 Å². The van der Waals surface area contributed by atoms with Crippen LogP contribution < -0.4 is 0 Å². The average molecular weight is 335 g/mol. The van der Waals surface area contributed by atoms with Gasteiger partial charge in [-0.25, -0.2) is 4.79 Å². The lowest BCUT2D eigenvalue weighted by molar-refractivity contribution is -0.133. The number of carboxylic acid groups (broad SMARTS) is 1. The van der Waals surface area contributed by atoms with Crippen molar-refractivity contribution < 1.29 is 15.0 Å². The number of aliphatic carboxylic acids is 1. The van der Waals surface area contributed by atoms with Crippen LogP contribution in [-0.4, -0.2) is 26.0 Å². The van der Waals surface area contributed by atoms with E-state index in [9.17, 15) is 9.90 Å². The van der Waals surface area contributed by atoms with Gasteiger partial charge in [0.1, 0.15) is 0 Å². The summed E-state index contributed by atoms with van der Waals surface area (Å²) in [6.07, 6.45) is 2.54. The number of nitrogens with zero attached hydrogens (tertiary/aromatic N) is 2. The summed E-state index contributed by atoms with van der Waals surface area (Å²) in [5, 5.41) is 24.1. The van der Waals surface area contributed by atoms with Gasteiger partial charge < -0.3 is 10.2 Å². The van der Waals surface area contributed by atoms with Crippen LogP contribution in [0.3, 0.4) is 0 Å². The number of halogens is 1. The predicted molar refractivity (Wildman–Crippen MR) is 89.4 cm³/mol. The Hall–Kier alpha value is -2.11. The standard InChI is InChI=1S/C17H19ClN2O3/c1-10(2)20-9-12(8-19-20)15-7-13(18)4-5-14(15)16(21)6-11(3)17(22)23/h4-5,7-10,16,21H,3,6H2,1-2H3,(H,22,23). The van der Waals surface area contributed by atoms with E-state index in [1.807, 2.05) is 24.7 Å². The molecule has 1 atom stereocenters. The Labute approximate surface area is 139 Å². The first-order valence-electron chi connectivity index (χ1n) is 7.22. The number of aliphatic hydroxyl groups excluding tert-OH is 1. The fourth-order valence-electron chi connectivity index (χ4n) is 2.26. The maximum Gasteiger partial charge on any atom is 0.331 e. The molecule has 2 aromatic rings. The quantitative estimate of drug-likeness (QED) is 0.787. The third kappa shape index (κ3) is 4.00. The van der Waals surface area contributed by atoms with Crippen LogP contribution in [0.4, 0.5) is 0 Å². The van der Waals surface area contributed by atoms with Gasteiger partial charge in [0, 0.05) is 34.8 Å². The van der Waals surface area contributed by atoms with Crippen molar-refractivity contribution in [3.05, 3.63) is 53.3 Å². The molecule has 0 aliphatic heterocycles. The van der Waals surface area contributed by atoms with E-state index in [0.29, 0.717) is 10.6 Å². The molecule has 122 valence electrons. The monoisotopic (exact) mass is 334 g/mol. The summed E-state index contributed by atoms with van der Waals surface area (Å²) in [7, 11) is 0. The SMILES string of the molecule is C=C(CC(O)c1ccc(Cl)cc1-c1cnn(C(C)C)c1)C(=O)O. The van der Waals surface area contributed by atoms with E-state index in [1.54, 1.807) is 24.4 Å². The van der Waals surface area contributed by atoms with Crippen molar-refractivity contribution in [3.8, 4) is 11.1 Å². The summed E-state index contributed by atoms with van der Waals surface area (Å²) in [4.78, 5) is 10.9. The molecular formula is C17H19ClN2O3. The van der Waals surface area contributed by atoms with E-state index in [0.717, 1.165) is 11.1 Å². The number of hydrogen-bond donors (Lipinski definition) is 2. The molecule has 0 amide bonds. The van der Waals surface area contributed by atoms with E-state index >= 15 is 0 Å². The van der Waals surface area contributed by atoms with Gasteiger partial charge in [0.2, 0.25) is 0 Å². The van der Waals surface area contributed by atoms with Gasteiger partial charge in [0.15, 0.2) is 0 Å². The second-order valence-corrected chi connectivity index (χ2v) is 6.10. The van der Waals surface area contributed by atoms with Crippen LogP contribution in [-0.2, 0) is 4.79 Å². The summed E-state index contributed by atoms with van der Waals surface area (Å²) < 4.78 is 1.81. The van der Waals surface area contributed by atoms with E-state index in [4.69, 9.17) is 16.7 Å². The zero-order valence-electron chi connectivity index (χ0n) is 13.0. The summed E-state index contributed by atoms with van der Waals surface area (Å²) in [6.45, 7) is 7.50. The predicted octanol–water partition coefficient (Wildman–Crippen LogP) is 3.85. The van der Waals surface area contributed by atoms with Crippen LogP contribution in [0.5, 0.6) is 0 Å². The zero-order valence-corrected chi connectivity index (χ0v) is 13.8. The second-order valence-electron chi connectivity index (χ2n) is 5.66. The number of carbonyl (C=O) groups is 1. The molecular weight excluding hydrogens is 316 g/mol. The summed E-state index contributed by atoms with van der Waals surface area (Å²) in [5.74, 6) is -1.12. The van der Waals surface area contributed by atoms with E-state index in [-0.39, 0.29) is 18.0 Å². The minimum atomic E-state index is -1.12. The highest BCUT2D eigenvalue weighted by Gasteiger charge is 2.18. The maximum atomic E-state index is 10.9. The van der Waals surface area contributed by atoms with Crippen molar-refractivity contribution >= 4 is 17.6 Å². The van der Waals surface area contributed by atoms with Crippen LogP contribution in [0.25, 0.3) is 11.1 Å². The van der Waals surface area contributed by atoms with Crippen molar-refractivity contribution in [2.24, 2.45) is 0 Å². The molecule has 0 fully saturated rings. The van der Waals surface area contributed by atoms with E-state index in [2.05, 4.69) is 11.7 Å². The maximum absolute atomic E-state index is 10.9. The number of benzene rings is 1. The Morgan fingerprint density at radius 3 is 2.70 bits per heavy atom. The van der Waals surface area contributed by atoms with Crippen molar-refractivity contribution in [1.29, 1.82) is 0 Å². The largest absolute Gasteiger partial charge is 0.478 e. The number of hydrogen-bond acceptors (Lipinski definition) is 3. The van der Waals surface area contributed by atoms with Gasteiger partial charge >= 0.3 is 5.97 Å². The van der Waals surface area contributed by atoms with Gasteiger partial charge in [-0.1, -0.05) is 24.2 Å². The van der Waals surface area contributed by atoms with Gasteiger partial charge in [-0.15, -0.1) is 0 Å². The average Bonchev–Trinajstić information content (AvgIpc) is 2.96. The highest BCUT2D eigenvalue weighted by Crippen LogP contribution is 2.33. The molecule has 23 heavy (non-hydrogen) atoms. The molecule has 1 aromatic heterocycles. The lowest BCUT2D eigenvalue weighted by atomic mass is 9.95. The second kappa shape index (κ2) is 6.98. The van der Waals surface area contributed by atoms with Crippen molar-refractivity contribution in [2.75, 3.05) is 0 Å². The molecule has 0 saturated heterocycles. The molecule has 0 radical (unpaired) electrons. The number of rotatable bonds is 6. The Balaban J connectivity index is 2.40. The highest BCUT2D eigenvalue weighted by molar-refractivity contribution is 6.30. The Kier molecular flexibility index (Phi) is 5.23. The summed E-state index contributed by atoms with van der Waals surface area (Å²) in [5.41, 5.74) is 2.10. The molecule has 0 spiro atoms. The topological polar surface area (TPSA) is 75.4 Å². The number of aromatic nitrogens is 2. The Morgan fingerprint density at radius 1 is 1.43 bits per heavy atom. The zero-order chi connectivity index (χ0) is 17.1. The lowest BCUT2D eigenvalue weighted by Gasteiger charge is -2.15. The molecule has 0 bridgehead atoms. The molecule has 0 aliphatic carbocycles. The fourth-order valence-corrected chi connectivity index (χ4v) is 2.43. The first kappa shape index (κ1) is 17.2. The van der Waals surface area contributed by atoms with E-state index in [1.165, 1.54) is 0 Å². The molecule has 2 rings (SSSR count). The van der Waals surface area contributed by atoms with Gasteiger partial charge in [0.05, 0.1) is 12.3 Å². The van der Waals surface area contributed by atoms with Crippen LogP contribution in [0.15, 0.2) is 42.7 Å². The van der Waals surface area contributed by atoms with Gasteiger partial charge in [-0.05, 0) is 37.1 Å². The van der Waals surface area contributed by atoms with Gasteiger partial charge in [0.25, 0.3) is 0 Å². The van der Waals surface area contributed by atoms with Crippen molar-refractivity contribution in [2.45, 2.75) is 32.4 Å². The van der Waals surface area contributed by atoms with Crippen LogP contribution in [0.1, 0.15) is 38.0 Å². The first-order valence-corrected chi connectivity index (χ1v) is 7.60. The van der Waals surface area contributed by atoms with Gasteiger partial charge in [-0.3, -0.25) is 4.68 Å². The molecule has 1 aromatic carbocycles. The minimum Gasteiger partial charge on any atom is -0.478 e. The third-order valence-electron chi connectivity index (χ3n) is 3.56. The molecule has 1 heterocycles.